The second kappa shape index (κ2) is 7.00. The minimum Gasteiger partial charge on any atom is -0.382 e. The number of carbonyl (C=O) groups excluding carboxylic acids is 1. The number of pyridine rings is 2. The number of aromatic nitrogens is 2. The topological polar surface area (TPSA) is 64.4 Å². The summed E-state index contributed by atoms with van der Waals surface area (Å²) in [6.07, 6.45) is 3.21. The van der Waals surface area contributed by atoms with E-state index in [2.05, 4.69) is 4.98 Å². The Balaban J connectivity index is 2.30. The molecule has 116 valence electrons. The Morgan fingerprint density at radius 3 is 2.73 bits per heavy atom. The molecular weight excluding hydrogens is 282 g/mol. The second-order valence-corrected chi connectivity index (χ2v) is 5.01. The third kappa shape index (κ3) is 3.40. The van der Waals surface area contributed by atoms with Crippen molar-refractivity contribution in [2.24, 2.45) is 7.05 Å². The highest BCUT2D eigenvalue weighted by molar-refractivity contribution is 5.94. The number of hydrogen-bond acceptors (Lipinski definition) is 4. The van der Waals surface area contributed by atoms with Crippen LogP contribution < -0.4 is 5.56 Å². The first-order chi connectivity index (χ1) is 10.5. The van der Waals surface area contributed by atoms with Crippen LogP contribution in [0, 0.1) is 0 Å². The van der Waals surface area contributed by atoms with Gasteiger partial charge in [0.15, 0.2) is 0 Å². The van der Waals surface area contributed by atoms with Crippen LogP contribution in [0.5, 0.6) is 0 Å². The molecule has 6 heteroatoms. The lowest BCUT2D eigenvalue weighted by Crippen LogP contribution is -2.35. The van der Waals surface area contributed by atoms with Gasteiger partial charge in [0.05, 0.1) is 23.9 Å². The average molecular weight is 301 g/mol. The first-order valence-corrected chi connectivity index (χ1v) is 6.88. The van der Waals surface area contributed by atoms with Gasteiger partial charge in [-0.1, -0.05) is 6.07 Å². The molecule has 0 saturated carbocycles. The van der Waals surface area contributed by atoms with E-state index >= 15 is 0 Å². The van der Waals surface area contributed by atoms with E-state index in [1.54, 1.807) is 32.3 Å². The minimum atomic E-state index is -0.295. The summed E-state index contributed by atoms with van der Waals surface area (Å²) in [5.74, 6) is -0.191. The van der Waals surface area contributed by atoms with Gasteiger partial charge in [-0.15, -0.1) is 0 Å². The Morgan fingerprint density at radius 2 is 2.14 bits per heavy atom. The molecule has 0 fully saturated rings. The molecule has 0 aliphatic rings. The van der Waals surface area contributed by atoms with Gasteiger partial charge in [0.25, 0.3) is 5.91 Å². The molecule has 0 radical (unpaired) electrons. The molecule has 22 heavy (non-hydrogen) atoms. The van der Waals surface area contributed by atoms with Gasteiger partial charge in [0.1, 0.15) is 0 Å². The standard InChI is InChI=1S/C16H19N3O3/c1-18-10-12(7-8-15(18)20)16(21)19(2)14(11-22-3)13-6-4-5-9-17-13/h4-10,14H,11H2,1-3H3/t14-/m1/s1. The molecule has 0 aromatic carbocycles. The van der Waals surface area contributed by atoms with E-state index in [-0.39, 0.29) is 17.5 Å². The first kappa shape index (κ1) is 15.9. The van der Waals surface area contributed by atoms with Gasteiger partial charge in [0, 0.05) is 39.7 Å². The zero-order valence-electron chi connectivity index (χ0n) is 12.9. The Labute approximate surface area is 129 Å². The lowest BCUT2D eigenvalue weighted by atomic mass is 10.1. The van der Waals surface area contributed by atoms with Crippen LogP contribution in [0.4, 0.5) is 0 Å². The van der Waals surface area contributed by atoms with Gasteiger partial charge >= 0.3 is 0 Å². The first-order valence-electron chi connectivity index (χ1n) is 6.88. The number of amides is 1. The van der Waals surface area contributed by atoms with Crippen LogP contribution in [0.3, 0.4) is 0 Å². The second-order valence-electron chi connectivity index (χ2n) is 5.01. The van der Waals surface area contributed by atoms with Crippen molar-refractivity contribution in [2.45, 2.75) is 6.04 Å². The van der Waals surface area contributed by atoms with E-state index in [0.29, 0.717) is 12.2 Å². The van der Waals surface area contributed by atoms with E-state index in [4.69, 9.17) is 4.74 Å². The number of carbonyl (C=O) groups is 1. The Bertz CT molecular complexity index is 697. The smallest absolute Gasteiger partial charge is 0.255 e. The van der Waals surface area contributed by atoms with Crippen molar-refractivity contribution in [3.05, 3.63) is 64.3 Å². The summed E-state index contributed by atoms with van der Waals surface area (Å²) in [4.78, 5) is 29.9. The number of likely N-dealkylation sites (N-methyl/N-ethyl adjacent to an activating group) is 1. The molecule has 2 aromatic heterocycles. The molecule has 6 nitrogen and oxygen atoms in total. The van der Waals surface area contributed by atoms with E-state index in [9.17, 15) is 9.59 Å². The third-order valence-corrected chi connectivity index (χ3v) is 3.47. The maximum atomic E-state index is 12.6. The van der Waals surface area contributed by atoms with Gasteiger partial charge < -0.3 is 14.2 Å². The average Bonchev–Trinajstić information content (AvgIpc) is 2.54. The molecule has 0 saturated heterocycles. The van der Waals surface area contributed by atoms with E-state index in [1.807, 2.05) is 18.2 Å². The normalized spacial score (nSPS) is 12.0. The molecule has 2 rings (SSSR count). The molecule has 2 aromatic rings. The van der Waals surface area contributed by atoms with E-state index in [1.165, 1.54) is 22.9 Å². The lowest BCUT2D eigenvalue weighted by Gasteiger charge is -2.27. The van der Waals surface area contributed by atoms with Crippen molar-refractivity contribution in [1.82, 2.24) is 14.5 Å². The SMILES string of the molecule is COC[C@H](c1ccccn1)N(C)C(=O)c1ccc(=O)n(C)c1. The van der Waals surface area contributed by atoms with Gasteiger partial charge in [-0.25, -0.2) is 0 Å². The van der Waals surface area contributed by atoms with E-state index < -0.39 is 0 Å². The molecular formula is C16H19N3O3. The summed E-state index contributed by atoms with van der Waals surface area (Å²) in [5.41, 5.74) is 1.05. The molecule has 0 bridgehead atoms. The third-order valence-electron chi connectivity index (χ3n) is 3.47. The number of nitrogens with zero attached hydrogens (tertiary/aromatic N) is 3. The van der Waals surface area contributed by atoms with Crippen molar-refractivity contribution in [2.75, 3.05) is 20.8 Å². The predicted molar refractivity (Wildman–Crippen MR) is 82.6 cm³/mol. The van der Waals surface area contributed by atoms with Gasteiger partial charge in [-0.3, -0.25) is 14.6 Å². The number of methoxy groups -OCH3 is 1. The van der Waals surface area contributed by atoms with Gasteiger partial charge in [-0.2, -0.15) is 0 Å². The number of aryl methyl sites for hydroxylation is 1. The van der Waals surface area contributed by atoms with Crippen LogP contribution >= 0.6 is 0 Å². The van der Waals surface area contributed by atoms with Crippen LogP contribution in [-0.4, -0.2) is 41.1 Å². The fraction of sp³-hybridized carbons (Fsp3) is 0.312. The lowest BCUT2D eigenvalue weighted by molar-refractivity contribution is 0.0594. The van der Waals surface area contributed by atoms with Crippen LogP contribution in [-0.2, 0) is 11.8 Å². The molecule has 0 N–H and O–H groups in total. The molecule has 0 aliphatic heterocycles. The van der Waals surface area contributed by atoms with Crippen molar-refractivity contribution in [3.63, 3.8) is 0 Å². The molecule has 1 atom stereocenters. The maximum Gasteiger partial charge on any atom is 0.255 e. The quantitative estimate of drug-likeness (QED) is 0.833. The predicted octanol–water partition coefficient (Wildman–Crippen LogP) is 1.24. The number of ether oxygens (including phenoxy) is 1. The fourth-order valence-electron chi connectivity index (χ4n) is 2.19. The van der Waals surface area contributed by atoms with Crippen LogP contribution in [0.25, 0.3) is 0 Å². The Morgan fingerprint density at radius 1 is 1.36 bits per heavy atom. The summed E-state index contributed by atoms with van der Waals surface area (Å²) in [6, 6.07) is 8.17. The monoisotopic (exact) mass is 301 g/mol. The summed E-state index contributed by atoms with van der Waals surface area (Å²) >= 11 is 0. The highest BCUT2D eigenvalue weighted by Gasteiger charge is 2.24. The van der Waals surface area contributed by atoms with Crippen LogP contribution in [0.2, 0.25) is 0 Å². The summed E-state index contributed by atoms with van der Waals surface area (Å²) < 4.78 is 6.60. The van der Waals surface area contributed by atoms with Crippen molar-refractivity contribution in [1.29, 1.82) is 0 Å². The highest BCUT2D eigenvalue weighted by atomic mass is 16.5. The molecule has 0 unspecified atom stereocenters. The molecule has 2 heterocycles. The van der Waals surface area contributed by atoms with Crippen molar-refractivity contribution < 1.29 is 9.53 Å². The zero-order valence-corrected chi connectivity index (χ0v) is 12.9. The summed E-state index contributed by atoms with van der Waals surface area (Å²) in [7, 11) is 4.90. The van der Waals surface area contributed by atoms with Crippen LogP contribution in [0.1, 0.15) is 22.1 Å². The highest BCUT2D eigenvalue weighted by Crippen LogP contribution is 2.19. The zero-order chi connectivity index (χ0) is 16.1. The molecule has 0 aliphatic carbocycles. The van der Waals surface area contributed by atoms with Crippen molar-refractivity contribution in [3.8, 4) is 0 Å². The largest absolute Gasteiger partial charge is 0.382 e. The van der Waals surface area contributed by atoms with Gasteiger partial charge in [-0.05, 0) is 18.2 Å². The molecule has 1 amide bonds. The van der Waals surface area contributed by atoms with Crippen molar-refractivity contribution >= 4 is 5.91 Å². The number of hydrogen-bond donors (Lipinski definition) is 0. The summed E-state index contributed by atoms with van der Waals surface area (Å²) in [6.45, 7) is 0.338. The van der Waals surface area contributed by atoms with Crippen LogP contribution in [0.15, 0.2) is 47.5 Å². The fourth-order valence-corrected chi connectivity index (χ4v) is 2.19. The summed E-state index contributed by atoms with van der Waals surface area (Å²) in [5, 5.41) is 0. The Hall–Kier alpha value is -2.47. The van der Waals surface area contributed by atoms with E-state index in [0.717, 1.165) is 5.69 Å². The maximum absolute atomic E-state index is 12.6. The minimum absolute atomic E-state index is 0.155. The number of rotatable bonds is 5. The Kier molecular flexibility index (Phi) is 5.06. The molecule has 0 spiro atoms. The van der Waals surface area contributed by atoms with Gasteiger partial charge in [0.2, 0.25) is 5.56 Å².